The smallest absolute Gasteiger partial charge is 0.176 e. The molecule has 0 spiro atoms. The van der Waals surface area contributed by atoms with Gasteiger partial charge >= 0.3 is 0 Å². The molecular formula is C8H6Cl4O. The summed E-state index contributed by atoms with van der Waals surface area (Å²) in [6.07, 6.45) is 0. The van der Waals surface area contributed by atoms with Gasteiger partial charge in [-0.1, -0.05) is 41.4 Å². The van der Waals surface area contributed by atoms with Gasteiger partial charge in [-0.05, 0) is 6.07 Å². The first-order chi connectivity index (χ1) is 5.96. The van der Waals surface area contributed by atoms with Crippen molar-refractivity contribution < 1.29 is 5.11 Å². The minimum absolute atomic E-state index is 0.0289. The molecule has 1 aromatic rings. The van der Waals surface area contributed by atoms with Gasteiger partial charge in [-0.3, -0.25) is 0 Å². The number of aromatic hydroxyl groups is 1. The highest BCUT2D eigenvalue weighted by Gasteiger charge is 2.36. The third kappa shape index (κ3) is 2.35. The Labute approximate surface area is 96.2 Å². The Balaban J connectivity index is 3.14. The standard InChI is InChI=1S/C8H6Cl4O/c9-7(10)8(11,12)5-3-1-2-4-6(5)13/h1-4,7,13H. The van der Waals surface area contributed by atoms with Gasteiger partial charge in [0.15, 0.2) is 4.33 Å². The van der Waals surface area contributed by atoms with Crippen molar-refractivity contribution in [2.75, 3.05) is 0 Å². The summed E-state index contributed by atoms with van der Waals surface area (Å²) < 4.78 is -1.49. The van der Waals surface area contributed by atoms with Crippen molar-refractivity contribution in [2.24, 2.45) is 0 Å². The van der Waals surface area contributed by atoms with Crippen molar-refractivity contribution in [2.45, 2.75) is 9.17 Å². The minimum atomic E-state index is -1.49. The van der Waals surface area contributed by atoms with E-state index in [0.29, 0.717) is 5.56 Å². The number of alkyl halides is 4. The fourth-order valence-electron chi connectivity index (χ4n) is 0.873. The van der Waals surface area contributed by atoms with Gasteiger partial charge < -0.3 is 5.11 Å². The van der Waals surface area contributed by atoms with Crippen LogP contribution in [0.2, 0.25) is 0 Å². The predicted molar refractivity (Wildman–Crippen MR) is 57.0 cm³/mol. The second-order valence-corrected chi connectivity index (χ2v) is 4.92. The normalized spacial score (nSPS) is 12.1. The van der Waals surface area contributed by atoms with E-state index in [0.717, 1.165) is 0 Å². The van der Waals surface area contributed by atoms with Crippen molar-refractivity contribution in [3.63, 3.8) is 0 Å². The summed E-state index contributed by atoms with van der Waals surface area (Å²) in [5.74, 6) is -0.0289. The molecule has 0 bridgehead atoms. The van der Waals surface area contributed by atoms with Crippen LogP contribution in [-0.2, 0) is 4.33 Å². The Bertz CT molecular complexity index is 298. The number of phenolic OH excluding ortho intramolecular Hbond substituents is 1. The molecule has 0 saturated carbocycles. The SMILES string of the molecule is Oc1ccccc1C(Cl)(Cl)C(Cl)Cl. The lowest BCUT2D eigenvalue weighted by atomic mass is 10.1. The molecule has 0 aliphatic heterocycles. The van der Waals surface area contributed by atoms with Crippen LogP contribution in [0.15, 0.2) is 24.3 Å². The minimum Gasteiger partial charge on any atom is -0.508 e. The zero-order chi connectivity index (χ0) is 10.1. The third-order valence-corrected chi connectivity index (χ3v) is 3.48. The van der Waals surface area contributed by atoms with Crippen molar-refractivity contribution in [3.05, 3.63) is 29.8 Å². The lowest BCUT2D eigenvalue weighted by Crippen LogP contribution is -2.19. The number of hydrogen-bond acceptors (Lipinski definition) is 1. The van der Waals surface area contributed by atoms with E-state index in [1.165, 1.54) is 6.07 Å². The molecule has 0 fully saturated rings. The summed E-state index contributed by atoms with van der Waals surface area (Å²) in [7, 11) is 0. The summed E-state index contributed by atoms with van der Waals surface area (Å²) in [5, 5.41) is 9.41. The monoisotopic (exact) mass is 258 g/mol. The fourth-order valence-corrected chi connectivity index (χ4v) is 1.43. The first kappa shape index (κ1) is 11.3. The van der Waals surface area contributed by atoms with Gasteiger partial charge in [0.05, 0.1) is 0 Å². The molecule has 0 amide bonds. The van der Waals surface area contributed by atoms with Crippen LogP contribution in [0.4, 0.5) is 0 Å². The van der Waals surface area contributed by atoms with Crippen molar-refractivity contribution in [3.8, 4) is 5.75 Å². The number of hydrogen-bond donors (Lipinski definition) is 1. The predicted octanol–water partition coefficient (Wildman–Crippen LogP) is 3.83. The topological polar surface area (TPSA) is 20.2 Å². The van der Waals surface area contributed by atoms with Crippen molar-refractivity contribution in [1.82, 2.24) is 0 Å². The van der Waals surface area contributed by atoms with Crippen molar-refractivity contribution >= 4 is 46.4 Å². The van der Waals surface area contributed by atoms with Crippen molar-refractivity contribution in [1.29, 1.82) is 0 Å². The van der Waals surface area contributed by atoms with Gasteiger partial charge in [0.2, 0.25) is 0 Å². The van der Waals surface area contributed by atoms with E-state index in [9.17, 15) is 5.11 Å². The summed E-state index contributed by atoms with van der Waals surface area (Å²) >= 11 is 22.8. The van der Waals surface area contributed by atoms with E-state index in [4.69, 9.17) is 46.4 Å². The van der Waals surface area contributed by atoms with Crippen LogP contribution >= 0.6 is 46.4 Å². The Hall–Kier alpha value is 0.180. The molecule has 0 aliphatic carbocycles. The van der Waals surface area contributed by atoms with Crippen LogP contribution in [0.25, 0.3) is 0 Å². The molecular weight excluding hydrogens is 254 g/mol. The molecule has 5 heteroatoms. The summed E-state index contributed by atoms with van der Waals surface area (Å²) in [6, 6.07) is 6.36. The first-order valence-electron chi connectivity index (χ1n) is 3.40. The highest BCUT2D eigenvalue weighted by molar-refractivity contribution is 6.59. The van der Waals surface area contributed by atoms with E-state index in [-0.39, 0.29) is 5.75 Å². The Morgan fingerprint density at radius 2 is 1.69 bits per heavy atom. The molecule has 0 atom stereocenters. The van der Waals surface area contributed by atoms with Crippen LogP contribution in [-0.4, -0.2) is 9.94 Å². The van der Waals surface area contributed by atoms with E-state index in [1.807, 2.05) is 0 Å². The molecule has 0 aromatic heterocycles. The Morgan fingerprint density at radius 3 is 2.15 bits per heavy atom. The lowest BCUT2D eigenvalue weighted by Gasteiger charge is -2.21. The molecule has 0 aliphatic rings. The molecule has 1 aromatic carbocycles. The van der Waals surface area contributed by atoms with Gasteiger partial charge in [-0.15, -0.1) is 23.2 Å². The molecule has 1 nitrogen and oxygen atoms in total. The van der Waals surface area contributed by atoms with Gasteiger partial charge in [0.1, 0.15) is 10.6 Å². The van der Waals surface area contributed by atoms with Crippen LogP contribution in [0.5, 0.6) is 5.75 Å². The van der Waals surface area contributed by atoms with Gasteiger partial charge in [0, 0.05) is 5.56 Å². The highest BCUT2D eigenvalue weighted by atomic mass is 35.5. The second-order valence-electron chi connectivity index (χ2n) is 2.44. The molecule has 1 rings (SSSR count). The van der Waals surface area contributed by atoms with E-state index < -0.39 is 9.17 Å². The fraction of sp³-hybridized carbons (Fsp3) is 0.250. The molecule has 72 valence electrons. The maximum atomic E-state index is 9.41. The second kappa shape index (κ2) is 4.14. The average molecular weight is 260 g/mol. The molecule has 0 unspecified atom stereocenters. The highest BCUT2D eigenvalue weighted by Crippen LogP contribution is 2.45. The van der Waals surface area contributed by atoms with Crippen LogP contribution in [0.1, 0.15) is 5.56 Å². The Kier molecular flexibility index (Phi) is 3.58. The van der Waals surface area contributed by atoms with E-state index in [1.54, 1.807) is 18.2 Å². The summed E-state index contributed by atoms with van der Waals surface area (Å²) in [4.78, 5) is -1.01. The zero-order valence-corrected chi connectivity index (χ0v) is 9.37. The van der Waals surface area contributed by atoms with Crippen LogP contribution < -0.4 is 0 Å². The number of phenols is 1. The zero-order valence-electron chi connectivity index (χ0n) is 6.35. The van der Waals surface area contributed by atoms with Crippen LogP contribution in [0, 0.1) is 0 Å². The van der Waals surface area contributed by atoms with Gasteiger partial charge in [-0.2, -0.15) is 0 Å². The van der Waals surface area contributed by atoms with Gasteiger partial charge in [-0.25, -0.2) is 0 Å². The quantitative estimate of drug-likeness (QED) is 0.801. The first-order valence-corrected chi connectivity index (χ1v) is 5.03. The molecule has 1 N–H and O–H groups in total. The number of rotatable bonds is 2. The maximum Gasteiger partial charge on any atom is 0.176 e. The average Bonchev–Trinajstić information content (AvgIpc) is 2.04. The van der Waals surface area contributed by atoms with Crippen LogP contribution in [0.3, 0.4) is 0 Å². The number of halogens is 4. The molecule has 0 radical (unpaired) electrons. The lowest BCUT2D eigenvalue weighted by molar-refractivity contribution is 0.466. The number of benzene rings is 1. The largest absolute Gasteiger partial charge is 0.508 e. The van der Waals surface area contributed by atoms with E-state index in [2.05, 4.69) is 0 Å². The molecule has 0 saturated heterocycles. The summed E-state index contributed by atoms with van der Waals surface area (Å²) in [5.41, 5.74) is 0.299. The maximum absolute atomic E-state index is 9.41. The molecule has 0 heterocycles. The third-order valence-electron chi connectivity index (χ3n) is 1.54. The van der Waals surface area contributed by atoms with E-state index >= 15 is 0 Å². The Morgan fingerprint density at radius 1 is 1.15 bits per heavy atom. The van der Waals surface area contributed by atoms with Gasteiger partial charge in [0.25, 0.3) is 0 Å². The molecule has 13 heavy (non-hydrogen) atoms. The number of para-hydroxylation sites is 1. The summed E-state index contributed by atoms with van der Waals surface area (Å²) in [6.45, 7) is 0.